The second kappa shape index (κ2) is 4.79. The van der Waals surface area contributed by atoms with Gasteiger partial charge in [0.2, 0.25) is 0 Å². The summed E-state index contributed by atoms with van der Waals surface area (Å²) in [6, 6.07) is 9.78. The van der Waals surface area contributed by atoms with E-state index in [9.17, 15) is 5.11 Å². The van der Waals surface area contributed by atoms with Crippen LogP contribution in [0.3, 0.4) is 0 Å². The molecule has 1 aliphatic rings. The van der Waals surface area contributed by atoms with E-state index in [4.69, 9.17) is 0 Å². The predicted octanol–water partition coefficient (Wildman–Crippen LogP) is 0.269. The quantitative estimate of drug-likeness (QED) is 0.664. The largest absolute Gasteiger partial charge is 0.394 e. The lowest BCUT2D eigenvalue weighted by Gasteiger charge is -2.17. The number of nitrogens with zero attached hydrogens (tertiary/aromatic N) is 1. The van der Waals surface area contributed by atoms with Crippen molar-refractivity contribution in [2.45, 2.75) is 6.04 Å². The first-order valence-electron chi connectivity index (χ1n) is 5.11. The Labute approximate surface area is 89.0 Å². The maximum Gasteiger partial charge on any atom is 0.191 e. The number of rotatable bonds is 3. The molecule has 4 heteroatoms. The zero-order chi connectivity index (χ0) is 10.5. The SMILES string of the molecule is OCC(NC1=NCCN1)c1ccccc1. The summed E-state index contributed by atoms with van der Waals surface area (Å²) in [5.74, 6) is 0.776. The van der Waals surface area contributed by atoms with Crippen LogP contribution in [0.2, 0.25) is 0 Å². The van der Waals surface area contributed by atoms with E-state index in [-0.39, 0.29) is 12.6 Å². The van der Waals surface area contributed by atoms with E-state index in [0.717, 1.165) is 24.6 Å². The highest BCUT2D eigenvalue weighted by atomic mass is 16.3. The number of nitrogens with one attached hydrogen (secondary N) is 2. The molecule has 2 rings (SSSR count). The number of benzene rings is 1. The summed E-state index contributed by atoms with van der Waals surface area (Å²) in [6.45, 7) is 1.73. The van der Waals surface area contributed by atoms with E-state index in [1.807, 2.05) is 30.3 Å². The van der Waals surface area contributed by atoms with Gasteiger partial charge in [0.1, 0.15) is 0 Å². The van der Waals surface area contributed by atoms with Gasteiger partial charge in [0, 0.05) is 6.54 Å². The Morgan fingerprint density at radius 2 is 2.20 bits per heavy atom. The van der Waals surface area contributed by atoms with Crippen molar-refractivity contribution in [3.05, 3.63) is 35.9 Å². The average Bonchev–Trinajstić information content (AvgIpc) is 2.80. The van der Waals surface area contributed by atoms with Gasteiger partial charge in [-0.15, -0.1) is 0 Å². The Hall–Kier alpha value is -1.55. The maximum atomic E-state index is 9.29. The van der Waals surface area contributed by atoms with Crippen LogP contribution < -0.4 is 10.6 Å². The van der Waals surface area contributed by atoms with Gasteiger partial charge >= 0.3 is 0 Å². The van der Waals surface area contributed by atoms with E-state index >= 15 is 0 Å². The third-order valence-corrected chi connectivity index (χ3v) is 2.37. The third kappa shape index (κ3) is 2.47. The fourth-order valence-corrected chi connectivity index (χ4v) is 1.58. The fourth-order valence-electron chi connectivity index (χ4n) is 1.58. The van der Waals surface area contributed by atoms with E-state index in [1.165, 1.54) is 0 Å². The van der Waals surface area contributed by atoms with E-state index in [1.54, 1.807) is 0 Å². The number of aliphatic imine (C=N–C) groups is 1. The van der Waals surface area contributed by atoms with E-state index in [0.29, 0.717) is 0 Å². The monoisotopic (exact) mass is 205 g/mol. The zero-order valence-electron chi connectivity index (χ0n) is 8.48. The van der Waals surface area contributed by atoms with Crippen molar-refractivity contribution in [2.24, 2.45) is 4.99 Å². The second-order valence-electron chi connectivity index (χ2n) is 3.45. The Bertz CT molecular complexity index is 337. The maximum absolute atomic E-state index is 9.29. The van der Waals surface area contributed by atoms with Gasteiger partial charge in [-0.05, 0) is 5.56 Å². The number of aliphatic hydroxyl groups excluding tert-OH is 1. The van der Waals surface area contributed by atoms with Gasteiger partial charge in [-0.25, -0.2) is 0 Å². The Morgan fingerprint density at radius 1 is 1.40 bits per heavy atom. The van der Waals surface area contributed by atoms with Gasteiger partial charge in [0.25, 0.3) is 0 Å². The van der Waals surface area contributed by atoms with Crippen molar-refractivity contribution in [3.8, 4) is 0 Å². The number of hydrogen-bond acceptors (Lipinski definition) is 4. The molecule has 1 heterocycles. The molecular formula is C11H15N3O. The van der Waals surface area contributed by atoms with Crippen molar-refractivity contribution in [1.82, 2.24) is 10.6 Å². The molecule has 3 N–H and O–H groups in total. The van der Waals surface area contributed by atoms with E-state index < -0.39 is 0 Å². The van der Waals surface area contributed by atoms with Gasteiger partial charge in [-0.1, -0.05) is 30.3 Å². The van der Waals surface area contributed by atoms with Crippen molar-refractivity contribution < 1.29 is 5.11 Å². The molecule has 0 radical (unpaired) electrons. The summed E-state index contributed by atoms with van der Waals surface area (Å²) in [7, 11) is 0. The minimum atomic E-state index is -0.0875. The highest BCUT2D eigenvalue weighted by molar-refractivity contribution is 5.81. The third-order valence-electron chi connectivity index (χ3n) is 2.37. The van der Waals surface area contributed by atoms with Crippen LogP contribution in [-0.4, -0.2) is 30.8 Å². The molecule has 1 atom stereocenters. The first kappa shape index (κ1) is 9.98. The molecule has 4 nitrogen and oxygen atoms in total. The molecule has 0 amide bonds. The summed E-state index contributed by atoms with van der Waals surface area (Å²) in [5.41, 5.74) is 1.07. The predicted molar refractivity (Wildman–Crippen MR) is 59.7 cm³/mol. The topological polar surface area (TPSA) is 56.6 Å². The number of aliphatic hydroxyl groups is 1. The lowest BCUT2D eigenvalue weighted by atomic mass is 10.1. The molecule has 15 heavy (non-hydrogen) atoms. The van der Waals surface area contributed by atoms with Gasteiger partial charge < -0.3 is 15.7 Å². The zero-order valence-corrected chi connectivity index (χ0v) is 8.48. The minimum Gasteiger partial charge on any atom is -0.394 e. The summed E-state index contributed by atoms with van der Waals surface area (Å²) in [5, 5.41) is 15.6. The molecule has 0 bridgehead atoms. The molecule has 80 valence electrons. The second-order valence-corrected chi connectivity index (χ2v) is 3.45. The van der Waals surface area contributed by atoms with Crippen molar-refractivity contribution in [2.75, 3.05) is 19.7 Å². The van der Waals surface area contributed by atoms with Crippen LogP contribution in [0, 0.1) is 0 Å². The summed E-state index contributed by atoms with van der Waals surface area (Å²) >= 11 is 0. The van der Waals surface area contributed by atoms with Crippen LogP contribution in [0.1, 0.15) is 11.6 Å². The molecule has 0 saturated carbocycles. The molecular weight excluding hydrogens is 190 g/mol. The van der Waals surface area contributed by atoms with Gasteiger partial charge in [0.05, 0.1) is 19.2 Å². The molecule has 0 fully saturated rings. The first-order chi connectivity index (χ1) is 7.40. The van der Waals surface area contributed by atoms with Crippen LogP contribution >= 0.6 is 0 Å². The summed E-state index contributed by atoms with van der Waals surface area (Å²) in [4.78, 5) is 4.23. The molecule has 0 aromatic heterocycles. The summed E-state index contributed by atoms with van der Waals surface area (Å²) < 4.78 is 0. The normalized spacial score (nSPS) is 16.7. The molecule has 0 spiro atoms. The van der Waals surface area contributed by atoms with Crippen molar-refractivity contribution in [3.63, 3.8) is 0 Å². The number of hydrogen-bond donors (Lipinski definition) is 3. The van der Waals surface area contributed by atoms with Crippen molar-refractivity contribution in [1.29, 1.82) is 0 Å². The molecule has 1 aromatic rings. The lowest BCUT2D eigenvalue weighted by molar-refractivity contribution is 0.257. The Kier molecular flexibility index (Phi) is 3.19. The van der Waals surface area contributed by atoms with E-state index in [2.05, 4.69) is 15.6 Å². The minimum absolute atomic E-state index is 0.0602. The van der Waals surface area contributed by atoms with Crippen molar-refractivity contribution >= 4 is 5.96 Å². The highest BCUT2D eigenvalue weighted by Gasteiger charge is 2.13. The molecule has 1 aliphatic heterocycles. The Morgan fingerprint density at radius 3 is 2.80 bits per heavy atom. The number of guanidine groups is 1. The van der Waals surface area contributed by atoms with Gasteiger partial charge in [-0.2, -0.15) is 0 Å². The molecule has 0 aliphatic carbocycles. The fraction of sp³-hybridized carbons (Fsp3) is 0.364. The standard InChI is InChI=1S/C11H15N3O/c15-8-10(9-4-2-1-3-5-9)14-11-12-6-7-13-11/h1-5,10,15H,6-8H2,(H2,12,13,14). The Balaban J connectivity index is 2.04. The van der Waals surface area contributed by atoms with Crippen LogP contribution in [0.4, 0.5) is 0 Å². The van der Waals surface area contributed by atoms with Crippen LogP contribution in [0.5, 0.6) is 0 Å². The molecule has 1 unspecified atom stereocenters. The van der Waals surface area contributed by atoms with Crippen LogP contribution in [0.25, 0.3) is 0 Å². The lowest BCUT2D eigenvalue weighted by Crippen LogP contribution is -2.37. The van der Waals surface area contributed by atoms with Crippen LogP contribution in [0.15, 0.2) is 35.3 Å². The average molecular weight is 205 g/mol. The first-order valence-corrected chi connectivity index (χ1v) is 5.11. The smallest absolute Gasteiger partial charge is 0.191 e. The highest BCUT2D eigenvalue weighted by Crippen LogP contribution is 2.11. The van der Waals surface area contributed by atoms with Crippen LogP contribution in [-0.2, 0) is 0 Å². The van der Waals surface area contributed by atoms with Gasteiger partial charge in [-0.3, -0.25) is 4.99 Å². The molecule has 1 aromatic carbocycles. The van der Waals surface area contributed by atoms with Gasteiger partial charge in [0.15, 0.2) is 5.96 Å². The summed E-state index contributed by atoms with van der Waals surface area (Å²) in [6.07, 6.45) is 0. The molecule has 0 saturated heterocycles.